The molecule has 80 valence electrons. The lowest BCUT2D eigenvalue weighted by Crippen LogP contribution is -1.91. The topological polar surface area (TPSA) is 37.3 Å². The quantitative estimate of drug-likeness (QED) is 0.833. The summed E-state index contributed by atoms with van der Waals surface area (Å²) in [4.78, 5) is 10.2. The van der Waals surface area contributed by atoms with Crippen LogP contribution >= 0.6 is 0 Å². The van der Waals surface area contributed by atoms with Gasteiger partial charge in [0.25, 0.3) is 0 Å². The minimum atomic E-state index is -0.898. The van der Waals surface area contributed by atoms with Crippen molar-refractivity contribution >= 4 is 12.0 Å². The molecule has 0 atom stereocenters. The van der Waals surface area contributed by atoms with Crippen LogP contribution in [0.3, 0.4) is 0 Å². The first-order valence-corrected chi connectivity index (χ1v) is 4.42. The van der Waals surface area contributed by atoms with E-state index in [-0.39, 0.29) is 6.42 Å². The summed E-state index contributed by atoms with van der Waals surface area (Å²) >= 11 is 0. The fraction of sp³-hybridized carbons (Fsp3) is 0.182. The molecule has 0 radical (unpaired) electrons. The van der Waals surface area contributed by atoms with E-state index < -0.39 is 17.6 Å². The van der Waals surface area contributed by atoms with Crippen molar-refractivity contribution in [3.8, 4) is 0 Å². The number of carboxylic acids is 1. The third-order valence-electron chi connectivity index (χ3n) is 1.72. The maximum absolute atomic E-state index is 12.7. The molecule has 0 spiro atoms. The molecule has 1 N–H and O–H groups in total. The summed E-state index contributed by atoms with van der Waals surface area (Å²) in [5.41, 5.74) is 0.387. The van der Waals surface area contributed by atoms with Gasteiger partial charge < -0.3 is 5.11 Å². The summed E-state index contributed by atoms with van der Waals surface area (Å²) in [6.07, 6.45) is 3.42. The molecule has 0 aliphatic carbocycles. The molecule has 0 heterocycles. The smallest absolute Gasteiger partial charge is 0.303 e. The summed E-state index contributed by atoms with van der Waals surface area (Å²) in [5.74, 6) is -2.19. The van der Waals surface area contributed by atoms with Crippen LogP contribution in [0.2, 0.25) is 0 Å². The molecule has 0 fully saturated rings. The molecule has 0 aromatic heterocycles. The fourth-order valence-corrected chi connectivity index (χ4v) is 1.10. The van der Waals surface area contributed by atoms with Crippen LogP contribution in [0.4, 0.5) is 8.78 Å². The molecule has 1 aromatic carbocycles. The minimum Gasteiger partial charge on any atom is -0.481 e. The summed E-state index contributed by atoms with van der Waals surface area (Å²) in [7, 11) is 0. The van der Waals surface area contributed by atoms with Gasteiger partial charge in [0.2, 0.25) is 0 Å². The molecular weight excluding hydrogens is 202 g/mol. The Bertz CT molecular complexity index is 366. The molecule has 15 heavy (non-hydrogen) atoms. The zero-order valence-electron chi connectivity index (χ0n) is 7.91. The van der Waals surface area contributed by atoms with Crippen LogP contribution in [0.1, 0.15) is 18.4 Å². The summed E-state index contributed by atoms with van der Waals surface area (Å²) < 4.78 is 25.4. The molecule has 0 saturated heterocycles. The van der Waals surface area contributed by atoms with Crippen LogP contribution in [-0.2, 0) is 4.79 Å². The van der Waals surface area contributed by atoms with Crippen molar-refractivity contribution in [2.75, 3.05) is 0 Å². The van der Waals surface area contributed by atoms with Gasteiger partial charge in [0, 0.05) is 12.5 Å². The van der Waals surface area contributed by atoms with Crippen LogP contribution in [-0.4, -0.2) is 11.1 Å². The van der Waals surface area contributed by atoms with Crippen molar-refractivity contribution in [3.05, 3.63) is 41.5 Å². The van der Waals surface area contributed by atoms with Crippen molar-refractivity contribution < 1.29 is 18.7 Å². The molecular formula is C11H10F2O2. The first kappa shape index (κ1) is 11.4. The maximum atomic E-state index is 12.7. The average molecular weight is 212 g/mol. The van der Waals surface area contributed by atoms with Crippen molar-refractivity contribution in [3.63, 3.8) is 0 Å². The Labute approximate surface area is 85.9 Å². The number of rotatable bonds is 4. The normalized spacial score (nSPS) is 10.8. The molecule has 0 unspecified atom stereocenters. The average Bonchev–Trinajstić information content (AvgIpc) is 2.10. The van der Waals surface area contributed by atoms with E-state index in [1.807, 2.05) is 0 Å². The number of carbonyl (C=O) groups is 1. The fourth-order valence-electron chi connectivity index (χ4n) is 1.10. The van der Waals surface area contributed by atoms with Gasteiger partial charge >= 0.3 is 5.97 Å². The highest BCUT2D eigenvalue weighted by Crippen LogP contribution is 2.10. The molecule has 0 bridgehead atoms. The third-order valence-corrected chi connectivity index (χ3v) is 1.72. The number of hydrogen-bond acceptors (Lipinski definition) is 1. The number of benzene rings is 1. The Balaban J connectivity index is 2.60. The van der Waals surface area contributed by atoms with Crippen molar-refractivity contribution in [2.45, 2.75) is 12.8 Å². The van der Waals surface area contributed by atoms with Gasteiger partial charge in [0.15, 0.2) is 0 Å². The molecule has 0 aliphatic rings. The van der Waals surface area contributed by atoms with Crippen LogP contribution in [0, 0.1) is 11.6 Å². The molecule has 1 rings (SSSR count). The van der Waals surface area contributed by atoms with Crippen LogP contribution < -0.4 is 0 Å². The monoisotopic (exact) mass is 212 g/mol. The lowest BCUT2D eigenvalue weighted by molar-refractivity contribution is -0.136. The molecule has 2 nitrogen and oxygen atoms in total. The van der Waals surface area contributed by atoms with E-state index in [2.05, 4.69) is 0 Å². The second-order valence-corrected chi connectivity index (χ2v) is 3.04. The maximum Gasteiger partial charge on any atom is 0.303 e. The lowest BCUT2D eigenvalue weighted by Gasteiger charge is -1.95. The van der Waals surface area contributed by atoms with E-state index in [4.69, 9.17) is 5.11 Å². The lowest BCUT2D eigenvalue weighted by atomic mass is 10.2. The van der Waals surface area contributed by atoms with Crippen molar-refractivity contribution in [1.82, 2.24) is 0 Å². The van der Waals surface area contributed by atoms with E-state index in [1.165, 1.54) is 18.2 Å². The van der Waals surface area contributed by atoms with E-state index in [0.717, 1.165) is 6.07 Å². The summed E-state index contributed by atoms with van der Waals surface area (Å²) in [6, 6.07) is 3.15. The molecule has 0 amide bonds. The zero-order valence-corrected chi connectivity index (χ0v) is 7.91. The minimum absolute atomic E-state index is 0.00823. The van der Waals surface area contributed by atoms with Crippen LogP contribution in [0.25, 0.3) is 6.08 Å². The van der Waals surface area contributed by atoms with Gasteiger partial charge in [-0.2, -0.15) is 0 Å². The number of hydrogen-bond donors (Lipinski definition) is 1. The van der Waals surface area contributed by atoms with Gasteiger partial charge in [-0.1, -0.05) is 12.2 Å². The predicted octanol–water partition coefficient (Wildman–Crippen LogP) is 2.84. The number of carboxylic acid groups (broad SMARTS) is 1. The Hall–Kier alpha value is -1.71. The highest BCUT2D eigenvalue weighted by atomic mass is 19.1. The molecule has 0 aliphatic heterocycles. The summed E-state index contributed by atoms with van der Waals surface area (Å²) in [5, 5.41) is 8.35. The highest BCUT2D eigenvalue weighted by Gasteiger charge is 1.97. The van der Waals surface area contributed by atoms with E-state index in [9.17, 15) is 13.6 Å². The Morgan fingerprint density at radius 1 is 1.27 bits per heavy atom. The second kappa shape index (κ2) is 5.24. The Morgan fingerprint density at radius 3 is 2.40 bits per heavy atom. The third kappa shape index (κ3) is 4.35. The van der Waals surface area contributed by atoms with Crippen LogP contribution in [0.5, 0.6) is 0 Å². The first-order valence-electron chi connectivity index (χ1n) is 4.42. The largest absolute Gasteiger partial charge is 0.481 e. The van der Waals surface area contributed by atoms with E-state index in [1.54, 1.807) is 6.08 Å². The number of allylic oxidation sites excluding steroid dienone is 1. The first-order chi connectivity index (χ1) is 7.08. The zero-order chi connectivity index (χ0) is 11.3. The van der Waals surface area contributed by atoms with Gasteiger partial charge in [-0.15, -0.1) is 0 Å². The SMILES string of the molecule is O=C(O)CCC=Cc1cc(F)cc(F)c1. The van der Waals surface area contributed by atoms with E-state index in [0.29, 0.717) is 12.0 Å². The van der Waals surface area contributed by atoms with Gasteiger partial charge in [-0.05, 0) is 24.1 Å². The molecule has 0 saturated carbocycles. The number of halogens is 2. The van der Waals surface area contributed by atoms with Gasteiger partial charge in [-0.3, -0.25) is 4.79 Å². The Morgan fingerprint density at radius 2 is 1.87 bits per heavy atom. The standard InChI is InChI=1S/C11H10F2O2/c12-9-5-8(6-10(13)7-9)3-1-2-4-11(14)15/h1,3,5-7H,2,4H2,(H,14,15). The summed E-state index contributed by atoms with van der Waals surface area (Å²) in [6.45, 7) is 0. The van der Waals surface area contributed by atoms with Gasteiger partial charge in [-0.25, -0.2) is 8.78 Å². The molecule has 4 heteroatoms. The van der Waals surface area contributed by atoms with E-state index >= 15 is 0 Å². The predicted molar refractivity (Wildman–Crippen MR) is 52.3 cm³/mol. The second-order valence-electron chi connectivity index (χ2n) is 3.04. The van der Waals surface area contributed by atoms with Crippen molar-refractivity contribution in [2.24, 2.45) is 0 Å². The van der Waals surface area contributed by atoms with Gasteiger partial charge in [0.05, 0.1) is 0 Å². The number of aliphatic carboxylic acids is 1. The van der Waals surface area contributed by atoms with Crippen molar-refractivity contribution in [1.29, 1.82) is 0 Å². The van der Waals surface area contributed by atoms with Gasteiger partial charge in [0.1, 0.15) is 11.6 Å². The molecule has 1 aromatic rings. The Kier molecular flexibility index (Phi) is 3.97. The van der Waals surface area contributed by atoms with Crippen LogP contribution in [0.15, 0.2) is 24.3 Å². The highest BCUT2D eigenvalue weighted by molar-refractivity contribution is 5.67.